The van der Waals surface area contributed by atoms with Gasteiger partial charge in [0, 0.05) is 12.5 Å². The highest BCUT2D eigenvalue weighted by atomic mass is 16.6. The van der Waals surface area contributed by atoms with Crippen molar-refractivity contribution in [3.8, 4) is 0 Å². The summed E-state index contributed by atoms with van der Waals surface area (Å²) in [5, 5.41) is 5.45. The monoisotopic (exact) mass is 591 g/mol. The lowest BCUT2D eigenvalue weighted by Gasteiger charge is -2.42. The smallest absolute Gasteiger partial charge is 0.408 e. The van der Waals surface area contributed by atoms with Crippen LogP contribution in [0, 0.1) is 0 Å². The second-order valence-corrected chi connectivity index (χ2v) is 12.8. The summed E-state index contributed by atoms with van der Waals surface area (Å²) in [7, 11) is 0. The standard InChI is InChI=1S/C34H45N3O6/c1-8-23-16-12-17-25(20-23)29(37(26-18-13-19-26)28(38)22-35-32(41)43-34(5,6)7)30(39)36-27(31(40)42-33(2,3)4)21-24-14-10-9-11-15-24/h8-12,14-17,20,26-27,29H,1,13,18-19,21-22H2,2-7H3,(H,35,41)(H,36,39). The molecule has 0 heterocycles. The zero-order valence-electron chi connectivity index (χ0n) is 26.1. The maximum absolute atomic E-state index is 14.3. The first-order valence-corrected chi connectivity index (χ1v) is 14.7. The molecule has 0 saturated heterocycles. The van der Waals surface area contributed by atoms with Crippen molar-refractivity contribution in [2.45, 2.75) is 96.6 Å². The SMILES string of the molecule is C=Cc1cccc(C(C(=O)NC(Cc2ccccc2)C(=O)OC(C)(C)C)N(C(=O)CNC(=O)OC(C)(C)C)C2CCC2)c1. The van der Waals surface area contributed by atoms with Crippen molar-refractivity contribution in [1.29, 1.82) is 0 Å². The summed E-state index contributed by atoms with van der Waals surface area (Å²) in [6.07, 6.45) is 3.47. The molecule has 2 unspecified atom stereocenters. The van der Waals surface area contributed by atoms with Crippen LogP contribution in [-0.4, -0.2) is 58.6 Å². The largest absolute Gasteiger partial charge is 0.458 e. The van der Waals surface area contributed by atoms with Crippen LogP contribution in [-0.2, 0) is 30.3 Å². The molecule has 9 nitrogen and oxygen atoms in total. The van der Waals surface area contributed by atoms with E-state index in [1.54, 1.807) is 65.8 Å². The highest BCUT2D eigenvalue weighted by molar-refractivity contribution is 5.93. The van der Waals surface area contributed by atoms with Crippen LogP contribution in [0.1, 0.15) is 83.5 Å². The van der Waals surface area contributed by atoms with E-state index in [2.05, 4.69) is 17.2 Å². The number of amides is 3. The Labute approximate surface area is 255 Å². The molecule has 0 spiro atoms. The summed E-state index contributed by atoms with van der Waals surface area (Å²) in [6.45, 7) is 14.0. The molecule has 232 valence electrons. The third-order valence-corrected chi connectivity index (χ3v) is 6.82. The Morgan fingerprint density at radius 3 is 2.16 bits per heavy atom. The predicted molar refractivity (Wildman–Crippen MR) is 166 cm³/mol. The molecule has 2 N–H and O–H groups in total. The fourth-order valence-corrected chi connectivity index (χ4v) is 4.74. The van der Waals surface area contributed by atoms with Gasteiger partial charge in [-0.1, -0.05) is 61.2 Å². The highest BCUT2D eigenvalue weighted by Gasteiger charge is 2.40. The Balaban J connectivity index is 1.98. The normalized spacial score (nSPS) is 14.8. The number of alkyl carbamates (subject to hydrolysis) is 1. The topological polar surface area (TPSA) is 114 Å². The lowest BCUT2D eigenvalue weighted by Crippen LogP contribution is -2.56. The lowest BCUT2D eigenvalue weighted by molar-refractivity contribution is -0.159. The Morgan fingerprint density at radius 1 is 0.953 bits per heavy atom. The van der Waals surface area contributed by atoms with Crippen molar-refractivity contribution in [2.24, 2.45) is 0 Å². The number of rotatable bonds is 11. The van der Waals surface area contributed by atoms with Gasteiger partial charge in [-0.3, -0.25) is 9.59 Å². The zero-order valence-corrected chi connectivity index (χ0v) is 26.1. The molecule has 1 fully saturated rings. The van der Waals surface area contributed by atoms with Crippen LogP contribution >= 0.6 is 0 Å². The van der Waals surface area contributed by atoms with E-state index < -0.39 is 47.2 Å². The molecule has 9 heteroatoms. The minimum atomic E-state index is -1.07. The molecule has 0 radical (unpaired) electrons. The van der Waals surface area contributed by atoms with E-state index in [9.17, 15) is 19.2 Å². The van der Waals surface area contributed by atoms with Gasteiger partial charge in [-0.05, 0) is 83.6 Å². The van der Waals surface area contributed by atoms with Gasteiger partial charge < -0.3 is 25.0 Å². The minimum Gasteiger partial charge on any atom is -0.458 e. The molecule has 1 aliphatic rings. The number of esters is 1. The summed E-state index contributed by atoms with van der Waals surface area (Å²) in [5.74, 6) is -1.53. The Hall–Kier alpha value is -4.14. The molecule has 0 bridgehead atoms. The maximum Gasteiger partial charge on any atom is 0.408 e. The van der Waals surface area contributed by atoms with E-state index in [1.165, 1.54) is 4.90 Å². The van der Waals surface area contributed by atoms with E-state index in [-0.39, 0.29) is 19.0 Å². The molecule has 2 aromatic rings. The second-order valence-electron chi connectivity index (χ2n) is 12.8. The lowest BCUT2D eigenvalue weighted by atomic mass is 9.88. The number of hydrogen-bond donors (Lipinski definition) is 2. The number of benzene rings is 2. The first-order valence-electron chi connectivity index (χ1n) is 14.7. The molecule has 0 aliphatic heterocycles. The highest BCUT2D eigenvalue weighted by Crippen LogP contribution is 2.33. The van der Waals surface area contributed by atoms with Gasteiger partial charge in [0.25, 0.3) is 0 Å². The summed E-state index contributed by atoms with van der Waals surface area (Å²) in [5.41, 5.74) is 0.683. The average Bonchev–Trinajstić information content (AvgIpc) is 2.88. The van der Waals surface area contributed by atoms with Gasteiger partial charge in [0.2, 0.25) is 11.8 Å². The van der Waals surface area contributed by atoms with Gasteiger partial charge in [-0.25, -0.2) is 9.59 Å². The number of carbonyl (C=O) groups excluding carboxylic acids is 4. The van der Waals surface area contributed by atoms with Gasteiger partial charge in [0.15, 0.2) is 0 Å². The summed E-state index contributed by atoms with van der Waals surface area (Å²) >= 11 is 0. The van der Waals surface area contributed by atoms with Crippen molar-refractivity contribution < 1.29 is 28.7 Å². The Bertz CT molecular complexity index is 1290. The predicted octanol–water partition coefficient (Wildman–Crippen LogP) is 5.35. The van der Waals surface area contributed by atoms with Crippen molar-refractivity contribution in [2.75, 3.05) is 6.54 Å². The minimum absolute atomic E-state index is 0.207. The van der Waals surface area contributed by atoms with Crippen LogP contribution in [0.3, 0.4) is 0 Å². The molecular formula is C34H45N3O6. The van der Waals surface area contributed by atoms with Gasteiger partial charge in [-0.15, -0.1) is 0 Å². The molecular weight excluding hydrogens is 546 g/mol. The van der Waals surface area contributed by atoms with Crippen molar-refractivity contribution >= 4 is 30.0 Å². The summed E-state index contributed by atoms with van der Waals surface area (Å²) in [4.78, 5) is 55.3. The van der Waals surface area contributed by atoms with Gasteiger partial charge in [-0.2, -0.15) is 0 Å². The fourth-order valence-electron chi connectivity index (χ4n) is 4.74. The number of hydrogen-bond acceptors (Lipinski definition) is 6. The van der Waals surface area contributed by atoms with E-state index in [0.29, 0.717) is 18.4 Å². The molecule has 3 rings (SSSR count). The first-order chi connectivity index (χ1) is 20.2. The van der Waals surface area contributed by atoms with E-state index in [0.717, 1.165) is 17.5 Å². The molecule has 0 aromatic heterocycles. The van der Waals surface area contributed by atoms with E-state index >= 15 is 0 Å². The molecule has 2 aromatic carbocycles. The molecule has 43 heavy (non-hydrogen) atoms. The quantitative estimate of drug-likeness (QED) is 0.341. The molecule has 2 atom stereocenters. The summed E-state index contributed by atoms with van der Waals surface area (Å²) < 4.78 is 11.0. The molecule has 3 amide bonds. The third-order valence-electron chi connectivity index (χ3n) is 6.82. The van der Waals surface area contributed by atoms with Crippen LogP contribution in [0.25, 0.3) is 6.08 Å². The van der Waals surface area contributed by atoms with Crippen LogP contribution in [0.15, 0.2) is 61.2 Å². The third kappa shape index (κ3) is 10.3. The maximum atomic E-state index is 14.3. The van der Waals surface area contributed by atoms with Crippen LogP contribution in [0.5, 0.6) is 0 Å². The van der Waals surface area contributed by atoms with Gasteiger partial charge in [0.05, 0.1) is 0 Å². The first kappa shape index (κ1) is 33.4. The number of nitrogens with one attached hydrogen (secondary N) is 2. The summed E-state index contributed by atoms with van der Waals surface area (Å²) in [6, 6.07) is 14.3. The fraction of sp³-hybridized carbons (Fsp3) is 0.471. The van der Waals surface area contributed by atoms with Crippen molar-refractivity contribution in [1.82, 2.24) is 15.5 Å². The van der Waals surface area contributed by atoms with Gasteiger partial charge in [0.1, 0.15) is 29.8 Å². The Morgan fingerprint density at radius 2 is 1.60 bits per heavy atom. The molecule has 1 aliphatic carbocycles. The number of carbonyl (C=O) groups is 4. The van der Waals surface area contributed by atoms with Crippen molar-refractivity contribution in [3.05, 3.63) is 77.9 Å². The number of nitrogens with zero attached hydrogens (tertiary/aromatic N) is 1. The van der Waals surface area contributed by atoms with Gasteiger partial charge >= 0.3 is 12.1 Å². The zero-order chi connectivity index (χ0) is 31.8. The Kier molecular flexibility index (Phi) is 11.1. The molecule has 1 saturated carbocycles. The second kappa shape index (κ2) is 14.4. The van der Waals surface area contributed by atoms with E-state index in [4.69, 9.17) is 9.47 Å². The van der Waals surface area contributed by atoms with Crippen molar-refractivity contribution in [3.63, 3.8) is 0 Å². The van der Waals surface area contributed by atoms with Crippen LogP contribution in [0.2, 0.25) is 0 Å². The average molecular weight is 592 g/mol. The number of ether oxygens (including phenoxy) is 2. The van der Waals surface area contributed by atoms with Crippen LogP contribution in [0.4, 0.5) is 4.79 Å². The van der Waals surface area contributed by atoms with E-state index in [1.807, 2.05) is 36.4 Å². The van der Waals surface area contributed by atoms with Crippen LogP contribution < -0.4 is 10.6 Å².